The van der Waals surface area contributed by atoms with Crippen molar-refractivity contribution in [2.45, 2.75) is 12.8 Å². The standard InChI is InChI=1S/C30H32O5/c1-32-19-7-8-20-35-26-15-12-23(13-16-26)11-14-25-21-27(33-2)22-30(34-3)28(25)17-18-29(31)24-9-5-4-6-10-24/h4-6,9-18,21-22H,7-8,19-20H2,1-3H3/b14-11+,18-17+. The first-order chi connectivity index (χ1) is 17.1. The van der Waals surface area contributed by atoms with Gasteiger partial charge in [0.1, 0.15) is 17.2 Å². The number of methoxy groups -OCH3 is 3. The van der Waals surface area contributed by atoms with E-state index in [9.17, 15) is 4.79 Å². The molecule has 0 spiro atoms. The number of benzene rings is 3. The van der Waals surface area contributed by atoms with Crippen LogP contribution in [0.5, 0.6) is 17.2 Å². The maximum Gasteiger partial charge on any atom is 0.185 e. The number of ketones is 1. The van der Waals surface area contributed by atoms with E-state index in [0.29, 0.717) is 23.7 Å². The van der Waals surface area contributed by atoms with Gasteiger partial charge >= 0.3 is 0 Å². The van der Waals surface area contributed by atoms with Gasteiger partial charge in [0.15, 0.2) is 5.78 Å². The summed E-state index contributed by atoms with van der Waals surface area (Å²) in [6.07, 6.45) is 9.28. The number of carbonyl (C=O) groups excluding carboxylic acids is 1. The molecule has 3 aromatic carbocycles. The normalized spacial score (nSPS) is 11.2. The Morgan fingerprint density at radius 2 is 1.51 bits per heavy atom. The zero-order chi connectivity index (χ0) is 24.9. The van der Waals surface area contributed by atoms with Crippen molar-refractivity contribution in [3.63, 3.8) is 0 Å². The molecule has 0 amide bonds. The molecule has 182 valence electrons. The average molecular weight is 473 g/mol. The Labute approximate surface area is 207 Å². The largest absolute Gasteiger partial charge is 0.497 e. The molecule has 0 unspecified atom stereocenters. The number of hydrogen-bond donors (Lipinski definition) is 0. The number of ether oxygens (including phenoxy) is 4. The Hall–Kier alpha value is -3.83. The molecule has 0 atom stereocenters. The Morgan fingerprint density at radius 1 is 0.771 bits per heavy atom. The van der Waals surface area contributed by atoms with Crippen LogP contribution in [0.2, 0.25) is 0 Å². The molecule has 0 N–H and O–H groups in total. The highest BCUT2D eigenvalue weighted by Crippen LogP contribution is 2.31. The summed E-state index contributed by atoms with van der Waals surface area (Å²) in [5, 5.41) is 0. The fourth-order valence-electron chi connectivity index (χ4n) is 3.48. The SMILES string of the molecule is COCCCCOc1ccc(/C=C/c2cc(OC)cc(OC)c2/C=C/C(=O)c2ccccc2)cc1. The van der Waals surface area contributed by atoms with Crippen LogP contribution in [-0.2, 0) is 4.74 Å². The summed E-state index contributed by atoms with van der Waals surface area (Å²) in [4.78, 5) is 12.6. The van der Waals surface area contributed by atoms with E-state index in [-0.39, 0.29) is 5.78 Å². The third-order valence-corrected chi connectivity index (χ3v) is 5.41. The summed E-state index contributed by atoms with van der Waals surface area (Å²) in [6.45, 7) is 1.42. The molecule has 5 heteroatoms. The van der Waals surface area contributed by atoms with Gasteiger partial charge in [-0.1, -0.05) is 54.6 Å². The molecule has 0 aliphatic carbocycles. The van der Waals surface area contributed by atoms with Gasteiger partial charge in [-0.2, -0.15) is 0 Å². The van der Waals surface area contributed by atoms with Crippen molar-refractivity contribution < 1.29 is 23.7 Å². The fraction of sp³-hybridized carbons (Fsp3) is 0.233. The number of carbonyl (C=O) groups is 1. The van der Waals surface area contributed by atoms with Crippen LogP contribution >= 0.6 is 0 Å². The van der Waals surface area contributed by atoms with Crippen molar-refractivity contribution >= 4 is 24.0 Å². The van der Waals surface area contributed by atoms with Crippen molar-refractivity contribution in [3.8, 4) is 17.2 Å². The number of rotatable bonds is 13. The third kappa shape index (κ3) is 7.87. The Bertz CT molecular complexity index is 1130. The lowest BCUT2D eigenvalue weighted by molar-refractivity contribution is 0.104. The van der Waals surface area contributed by atoms with Crippen LogP contribution in [0.3, 0.4) is 0 Å². The predicted octanol–water partition coefficient (Wildman–Crippen LogP) is 6.58. The van der Waals surface area contributed by atoms with Gasteiger partial charge in [0.25, 0.3) is 0 Å². The molecule has 0 bridgehead atoms. The summed E-state index contributed by atoms with van der Waals surface area (Å²) in [6, 6.07) is 20.8. The van der Waals surface area contributed by atoms with Crippen molar-refractivity contribution in [1.29, 1.82) is 0 Å². The maximum absolute atomic E-state index is 12.6. The molecule has 5 nitrogen and oxygen atoms in total. The van der Waals surface area contributed by atoms with Gasteiger partial charge in [0.05, 0.1) is 20.8 Å². The monoisotopic (exact) mass is 472 g/mol. The molecule has 0 fully saturated rings. The highest BCUT2D eigenvalue weighted by atomic mass is 16.5. The Kier molecular flexibility index (Phi) is 10.1. The molecule has 3 rings (SSSR count). The van der Waals surface area contributed by atoms with Gasteiger partial charge < -0.3 is 18.9 Å². The molecule has 0 saturated heterocycles. The summed E-state index contributed by atoms with van der Waals surface area (Å²) >= 11 is 0. The maximum atomic E-state index is 12.6. The zero-order valence-electron chi connectivity index (χ0n) is 20.5. The highest BCUT2D eigenvalue weighted by molar-refractivity contribution is 6.07. The van der Waals surface area contributed by atoms with E-state index in [1.807, 2.05) is 66.7 Å². The van der Waals surface area contributed by atoms with E-state index in [2.05, 4.69) is 0 Å². The molecule has 0 radical (unpaired) electrons. The van der Waals surface area contributed by atoms with Crippen molar-refractivity contribution in [3.05, 3.63) is 95.1 Å². The van der Waals surface area contributed by atoms with E-state index in [1.54, 1.807) is 45.6 Å². The van der Waals surface area contributed by atoms with Gasteiger partial charge in [-0.05, 0) is 54.3 Å². The first kappa shape index (κ1) is 25.8. The molecular formula is C30H32O5. The predicted molar refractivity (Wildman–Crippen MR) is 141 cm³/mol. The van der Waals surface area contributed by atoms with Gasteiger partial charge in [-0.3, -0.25) is 4.79 Å². The summed E-state index contributed by atoms with van der Waals surface area (Å²) in [5.74, 6) is 2.06. The number of unbranched alkanes of at least 4 members (excludes halogenated alkanes) is 1. The lowest BCUT2D eigenvalue weighted by atomic mass is 10.0. The molecule has 0 saturated carbocycles. The van der Waals surface area contributed by atoms with Crippen molar-refractivity contribution in [2.24, 2.45) is 0 Å². The topological polar surface area (TPSA) is 54.0 Å². The second kappa shape index (κ2) is 13.8. The lowest BCUT2D eigenvalue weighted by Crippen LogP contribution is -1.99. The van der Waals surface area contributed by atoms with E-state index in [4.69, 9.17) is 18.9 Å². The van der Waals surface area contributed by atoms with Crippen LogP contribution in [0.4, 0.5) is 0 Å². The number of allylic oxidation sites excluding steroid dienone is 1. The summed E-state index contributed by atoms with van der Waals surface area (Å²) in [7, 11) is 4.93. The highest BCUT2D eigenvalue weighted by Gasteiger charge is 2.10. The minimum Gasteiger partial charge on any atom is -0.497 e. The van der Waals surface area contributed by atoms with Crippen LogP contribution in [0.15, 0.2) is 72.8 Å². The average Bonchev–Trinajstić information content (AvgIpc) is 2.91. The van der Waals surface area contributed by atoms with Gasteiger partial charge in [-0.15, -0.1) is 0 Å². The van der Waals surface area contributed by atoms with E-state index in [1.165, 1.54) is 0 Å². The fourth-order valence-corrected chi connectivity index (χ4v) is 3.48. The van der Waals surface area contributed by atoms with Crippen LogP contribution in [0, 0.1) is 0 Å². The first-order valence-electron chi connectivity index (χ1n) is 11.6. The van der Waals surface area contributed by atoms with Crippen LogP contribution in [0.25, 0.3) is 18.2 Å². The van der Waals surface area contributed by atoms with E-state index >= 15 is 0 Å². The molecular weight excluding hydrogens is 440 g/mol. The third-order valence-electron chi connectivity index (χ3n) is 5.41. The van der Waals surface area contributed by atoms with Crippen LogP contribution in [0.1, 0.15) is 39.9 Å². The van der Waals surface area contributed by atoms with Gasteiger partial charge in [0, 0.05) is 30.9 Å². The molecule has 0 aliphatic rings. The van der Waals surface area contributed by atoms with Gasteiger partial charge in [-0.25, -0.2) is 0 Å². The molecule has 0 aliphatic heterocycles. The van der Waals surface area contributed by atoms with E-state index in [0.717, 1.165) is 41.9 Å². The molecule has 35 heavy (non-hydrogen) atoms. The summed E-state index contributed by atoms with van der Waals surface area (Å²) in [5.41, 5.74) is 3.32. The Balaban J connectivity index is 1.78. The minimum absolute atomic E-state index is 0.0730. The quantitative estimate of drug-likeness (QED) is 0.122. The molecule has 0 heterocycles. The van der Waals surface area contributed by atoms with Gasteiger partial charge in [0.2, 0.25) is 0 Å². The Morgan fingerprint density at radius 3 is 2.20 bits per heavy atom. The molecule has 3 aromatic rings. The van der Waals surface area contributed by atoms with Crippen LogP contribution in [-0.4, -0.2) is 40.3 Å². The second-order valence-corrected chi connectivity index (χ2v) is 7.85. The lowest BCUT2D eigenvalue weighted by Gasteiger charge is -2.11. The van der Waals surface area contributed by atoms with E-state index < -0.39 is 0 Å². The minimum atomic E-state index is -0.0730. The number of hydrogen-bond acceptors (Lipinski definition) is 5. The van der Waals surface area contributed by atoms with Crippen molar-refractivity contribution in [1.82, 2.24) is 0 Å². The van der Waals surface area contributed by atoms with Crippen molar-refractivity contribution in [2.75, 3.05) is 34.5 Å². The molecule has 0 aromatic heterocycles. The first-order valence-corrected chi connectivity index (χ1v) is 11.6. The smallest absolute Gasteiger partial charge is 0.185 e. The second-order valence-electron chi connectivity index (χ2n) is 7.85. The van der Waals surface area contributed by atoms with Crippen LogP contribution < -0.4 is 14.2 Å². The summed E-state index contributed by atoms with van der Waals surface area (Å²) < 4.78 is 21.9. The zero-order valence-corrected chi connectivity index (χ0v) is 20.5.